The first kappa shape index (κ1) is 29.3. The van der Waals surface area contributed by atoms with Gasteiger partial charge in [0.1, 0.15) is 0 Å². The van der Waals surface area contributed by atoms with Crippen molar-refractivity contribution in [2.75, 3.05) is 0 Å². The predicted octanol–water partition coefficient (Wildman–Crippen LogP) is 14.3. The highest BCUT2D eigenvalue weighted by molar-refractivity contribution is 7.25. The van der Waals surface area contributed by atoms with E-state index in [1.807, 2.05) is 11.3 Å². The molecular formula is C50H36S. The topological polar surface area (TPSA) is 0 Å². The van der Waals surface area contributed by atoms with Gasteiger partial charge in [0.15, 0.2) is 0 Å². The van der Waals surface area contributed by atoms with Crippen LogP contribution in [0.15, 0.2) is 146 Å². The number of thiophene rings is 1. The summed E-state index contributed by atoms with van der Waals surface area (Å²) in [6.45, 7) is 9.73. The van der Waals surface area contributed by atoms with Crippen LogP contribution >= 0.6 is 11.3 Å². The summed E-state index contributed by atoms with van der Waals surface area (Å²) in [5.74, 6) is 0. The van der Waals surface area contributed by atoms with Crippen LogP contribution in [0.5, 0.6) is 0 Å². The molecule has 0 N–H and O–H groups in total. The van der Waals surface area contributed by atoms with E-state index in [1.165, 1.54) is 108 Å². The predicted molar refractivity (Wildman–Crippen MR) is 220 cm³/mol. The van der Waals surface area contributed by atoms with Gasteiger partial charge in [-0.1, -0.05) is 155 Å². The Hall–Kier alpha value is -5.50. The molecule has 0 radical (unpaired) electrons. The lowest BCUT2D eigenvalue weighted by Crippen LogP contribution is -2.24. The molecular weight excluding hydrogens is 633 g/mol. The number of hydrogen-bond donors (Lipinski definition) is 0. The molecule has 1 heterocycles. The van der Waals surface area contributed by atoms with Crippen LogP contribution in [-0.2, 0) is 10.8 Å². The summed E-state index contributed by atoms with van der Waals surface area (Å²) in [6.07, 6.45) is 0. The van der Waals surface area contributed by atoms with Crippen LogP contribution < -0.4 is 0 Å². The third-order valence-corrected chi connectivity index (χ3v) is 13.4. The number of fused-ring (bicyclic) bond motifs is 12. The van der Waals surface area contributed by atoms with Gasteiger partial charge in [0, 0.05) is 31.0 Å². The molecule has 0 unspecified atom stereocenters. The number of benzene rings is 8. The molecule has 2 aliphatic rings. The minimum Gasteiger partial charge on any atom is -0.135 e. The van der Waals surface area contributed by atoms with E-state index >= 15 is 0 Å². The molecule has 0 aliphatic heterocycles. The average molecular weight is 669 g/mol. The molecule has 0 saturated carbocycles. The summed E-state index contributed by atoms with van der Waals surface area (Å²) < 4.78 is 2.68. The van der Waals surface area contributed by atoms with E-state index in [0.29, 0.717) is 0 Å². The van der Waals surface area contributed by atoms with Crippen molar-refractivity contribution in [2.45, 2.75) is 38.5 Å². The van der Waals surface area contributed by atoms with Crippen LogP contribution in [0.2, 0.25) is 0 Å². The van der Waals surface area contributed by atoms with E-state index in [-0.39, 0.29) is 10.8 Å². The first-order chi connectivity index (χ1) is 24.8. The highest BCUT2D eigenvalue weighted by Gasteiger charge is 2.45. The zero-order chi connectivity index (χ0) is 34.2. The summed E-state index contributed by atoms with van der Waals surface area (Å²) in [5, 5.41) is 7.87. The molecule has 242 valence electrons. The smallest absolute Gasteiger partial charge is 0.0361 e. The summed E-state index contributed by atoms with van der Waals surface area (Å²) in [4.78, 5) is 0. The van der Waals surface area contributed by atoms with E-state index in [4.69, 9.17) is 0 Å². The highest BCUT2D eigenvalue weighted by atomic mass is 32.1. The van der Waals surface area contributed by atoms with Crippen molar-refractivity contribution in [1.29, 1.82) is 0 Å². The molecule has 8 aromatic carbocycles. The van der Waals surface area contributed by atoms with Gasteiger partial charge >= 0.3 is 0 Å². The maximum absolute atomic E-state index is 2.52. The SMILES string of the molecule is CC1(C)c2ccccc2-c2ccc3c(c21)C(C)(C)c1cc(-c2c4ccccc4c(-c4ccc5c(c4)sc4ccccc45)c4ccccc24)ccc1-3. The number of rotatable bonds is 2. The van der Waals surface area contributed by atoms with E-state index in [1.54, 1.807) is 0 Å². The van der Waals surface area contributed by atoms with Crippen molar-refractivity contribution >= 4 is 53.1 Å². The van der Waals surface area contributed by atoms with Crippen molar-refractivity contribution < 1.29 is 0 Å². The van der Waals surface area contributed by atoms with Gasteiger partial charge in [-0.05, 0) is 107 Å². The van der Waals surface area contributed by atoms with Crippen molar-refractivity contribution in [3.05, 3.63) is 168 Å². The van der Waals surface area contributed by atoms with Gasteiger partial charge in [0.2, 0.25) is 0 Å². The Morgan fingerprint density at radius 2 is 0.804 bits per heavy atom. The maximum atomic E-state index is 2.52. The molecule has 0 atom stereocenters. The van der Waals surface area contributed by atoms with Crippen molar-refractivity contribution in [3.8, 4) is 44.5 Å². The van der Waals surface area contributed by atoms with Crippen LogP contribution in [0.4, 0.5) is 0 Å². The normalized spacial score (nSPS) is 15.0. The van der Waals surface area contributed by atoms with Crippen LogP contribution in [0, 0.1) is 0 Å². The fourth-order valence-corrected chi connectivity index (χ4v) is 11.1. The number of hydrogen-bond acceptors (Lipinski definition) is 1. The molecule has 0 bridgehead atoms. The lowest BCUT2D eigenvalue weighted by molar-refractivity contribution is 0.601. The second-order valence-corrected chi connectivity index (χ2v) is 16.7. The first-order valence-corrected chi connectivity index (χ1v) is 18.9. The maximum Gasteiger partial charge on any atom is 0.0361 e. The second-order valence-electron chi connectivity index (χ2n) is 15.6. The molecule has 0 nitrogen and oxygen atoms in total. The zero-order valence-corrected chi connectivity index (χ0v) is 30.1. The monoisotopic (exact) mass is 668 g/mol. The van der Waals surface area contributed by atoms with Crippen molar-refractivity contribution in [3.63, 3.8) is 0 Å². The Kier molecular flexibility index (Phi) is 5.77. The van der Waals surface area contributed by atoms with Crippen LogP contribution in [0.1, 0.15) is 49.9 Å². The lowest BCUT2D eigenvalue weighted by atomic mass is 9.72. The Morgan fingerprint density at radius 1 is 0.353 bits per heavy atom. The summed E-state index contributed by atoms with van der Waals surface area (Å²) in [6, 6.07) is 55.1. The molecule has 51 heavy (non-hydrogen) atoms. The Balaban J connectivity index is 1.13. The minimum absolute atomic E-state index is 0.0551. The first-order valence-electron chi connectivity index (χ1n) is 18.1. The third-order valence-electron chi connectivity index (χ3n) is 12.2. The van der Waals surface area contributed by atoms with Gasteiger partial charge in [-0.25, -0.2) is 0 Å². The zero-order valence-electron chi connectivity index (χ0n) is 29.3. The second kappa shape index (κ2) is 10.1. The van der Waals surface area contributed by atoms with E-state index in [0.717, 1.165) is 0 Å². The summed E-state index contributed by atoms with van der Waals surface area (Å²) in [5.41, 5.74) is 16.4. The van der Waals surface area contributed by atoms with Crippen LogP contribution in [-0.4, -0.2) is 0 Å². The van der Waals surface area contributed by atoms with Crippen molar-refractivity contribution in [2.24, 2.45) is 0 Å². The molecule has 1 heteroatoms. The van der Waals surface area contributed by atoms with E-state index < -0.39 is 0 Å². The molecule has 0 saturated heterocycles. The van der Waals surface area contributed by atoms with Gasteiger partial charge < -0.3 is 0 Å². The average Bonchev–Trinajstić information content (AvgIpc) is 3.72. The largest absolute Gasteiger partial charge is 0.135 e. The van der Waals surface area contributed by atoms with Gasteiger partial charge in [0.05, 0.1) is 0 Å². The van der Waals surface area contributed by atoms with E-state index in [2.05, 4.69) is 173 Å². The van der Waals surface area contributed by atoms with Crippen molar-refractivity contribution in [1.82, 2.24) is 0 Å². The van der Waals surface area contributed by atoms with Gasteiger partial charge in [-0.3, -0.25) is 0 Å². The Morgan fingerprint density at radius 3 is 1.45 bits per heavy atom. The molecule has 11 rings (SSSR count). The molecule has 9 aromatic rings. The Labute approximate surface area is 302 Å². The summed E-state index contributed by atoms with van der Waals surface area (Å²) in [7, 11) is 0. The van der Waals surface area contributed by atoms with Crippen LogP contribution in [0.25, 0.3) is 86.2 Å². The van der Waals surface area contributed by atoms with Gasteiger partial charge in [-0.15, -0.1) is 11.3 Å². The molecule has 2 aliphatic carbocycles. The fraction of sp³-hybridized carbons (Fsp3) is 0.120. The fourth-order valence-electron chi connectivity index (χ4n) is 9.97. The van der Waals surface area contributed by atoms with Gasteiger partial charge in [-0.2, -0.15) is 0 Å². The molecule has 1 aromatic heterocycles. The molecule has 0 spiro atoms. The molecule has 0 amide bonds. The lowest BCUT2D eigenvalue weighted by Gasteiger charge is -2.31. The van der Waals surface area contributed by atoms with Gasteiger partial charge in [0.25, 0.3) is 0 Å². The van der Waals surface area contributed by atoms with Crippen LogP contribution in [0.3, 0.4) is 0 Å². The van der Waals surface area contributed by atoms with E-state index in [9.17, 15) is 0 Å². The Bertz CT molecular complexity index is 2910. The minimum atomic E-state index is -0.142. The molecule has 0 fully saturated rings. The highest BCUT2D eigenvalue weighted by Crippen LogP contribution is 2.59. The standard InChI is InChI=1S/C50H36S/c1-49(2)41-19-11-9-13-31(41)39-25-26-40-32-23-21-29(27-42(32)50(3,4)48(40)47(39)49)45-35-15-5-7-17-37(35)46(38-18-8-6-16-36(38)45)30-22-24-34-33-14-10-12-20-43(33)51-44(34)28-30/h5-28H,1-4H3. The third kappa shape index (κ3) is 3.80. The quantitative estimate of drug-likeness (QED) is 0.161. The summed E-state index contributed by atoms with van der Waals surface area (Å²) >= 11 is 1.89.